The SMILES string of the molecule is COCCN1C(=O)c2c(NC(C)=O)c3cc(OC)ccc3n2CC1(C)C(=O)NC1CCC(C)CC1. The fraction of sp³-hybridized carbons (Fsp3) is 0.577. The lowest BCUT2D eigenvalue weighted by Gasteiger charge is -2.45. The van der Waals surface area contributed by atoms with E-state index in [0.29, 0.717) is 35.0 Å². The van der Waals surface area contributed by atoms with Crippen molar-refractivity contribution in [2.24, 2.45) is 5.92 Å². The van der Waals surface area contributed by atoms with Gasteiger partial charge in [-0.15, -0.1) is 0 Å². The number of carbonyl (C=O) groups excluding carboxylic acids is 3. The van der Waals surface area contributed by atoms with Gasteiger partial charge in [-0.2, -0.15) is 0 Å². The van der Waals surface area contributed by atoms with Crippen LogP contribution in [-0.2, 0) is 20.9 Å². The van der Waals surface area contributed by atoms with Crippen LogP contribution in [0.1, 0.15) is 56.9 Å². The number of anilines is 1. The maximum atomic E-state index is 14.0. The molecule has 3 amide bonds. The highest BCUT2D eigenvalue weighted by Gasteiger charge is 2.49. The van der Waals surface area contributed by atoms with Crippen molar-refractivity contribution >= 4 is 34.3 Å². The van der Waals surface area contributed by atoms with Crippen molar-refractivity contribution in [3.63, 3.8) is 0 Å². The molecule has 1 aliphatic heterocycles. The third kappa shape index (κ3) is 4.61. The van der Waals surface area contributed by atoms with E-state index < -0.39 is 5.54 Å². The van der Waals surface area contributed by atoms with E-state index in [4.69, 9.17) is 9.47 Å². The van der Waals surface area contributed by atoms with Gasteiger partial charge in [0.1, 0.15) is 17.0 Å². The molecule has 2 aromatic rings. The number of carbonyl (C=O) groups is 3. The number of amides is 3. The number of methoxy groups -OCH3 is 2. The molecule has 2 N–H and O–H groups in total. The van der Waals surface area contributed by atoms with E-state index in [2.05, 4.69) is 17.6 Å². The molecule has 0 spiro atoms. The molecule has 2 heterocycles. The minimum Gasteiger partial charge on any atom is -0.497 e. The molecule has 1 fully saturated rings. The molecule has 0 bridgehead atoms. The van der Waals surface area contributed by atoms with Crippen LogP contribution in [0.25, 0.3) is 10.9 Å². The van der Waals surface area contributed by atoms with E-state index in [0.717, 1.165) is 31.2 Å². The van der Waals surface area contributed by atoms with Crippen LogP contribution in [0.3, 0.4) is 0 Å². The minimum absolute atomic E-state index is 0.108. The molecule has 4 rings (SSSR count). The molecule has 1 aromatic carbocycles. The fourth-order valence-electron chi connectivity index (χ4n) is 5.37. The van der Waals surface area contributed by atoms with Gasteiger partial charge in [0, 0.05) is 32.0 Å². The highest BCUT2D eigenvalue weighted by atomic mass is 16.5. The van der Waals surface area contributed by atoms with Crippen LogP contribution >= 0.6 is 0 Å². The molecule has 35 heavy (non-hydrogen) atoms. The standard InChI is InChI=1S/C26H36N4O5/c1-16-6-8-18(9-7-16)28-25(33)26(3)15-29-21-11-10-19(35-5)14-20(21)22(27-17(2)31)23(29)24(32)30(26)12-13-34-4/h10-11,14,16,18H,6-9,12-13,15H2,1-5H3,(H,27,31)(H,28,33). The first kappa shape index (κ1) is 25.0. The van der Waals surface area contributed by atoms with Crippen LogP contribution in [0, 0.1) is 5.92 Å². The van der Waals surface area contributed by atoms with E-state index in [-0.39, 0.29) is 36.9 Å². The number of hydrogen-bond acceptors (Lipinski definition) is 5. The van der Waals surface area contributed by atoms with Gasteiger partial charge in [0.15, 0.2) is 0 Å². The Morgan fingerprint density at radius 2 is 1.89 bits per heavy atom. The van der Waals surface area contributed by atoms with Crippen molar-refractivity contribution in [3.05, 3.63) is 23.9 Å². The summed E-state index contributed by atoms with van der Waals surface area (Å²) >= 11 is 0. The van der Waals surface area contributed by atoms with Gasteiger partial charge in [0.25, 0.3) is 5.91 Å². The Hall–Kier alpha value is -3.07. The first-order chi connectivity index (χ1) is 16.7. The average molecular weight is 485 g/mol. The van der Waals surface area contributed by atoms with Gasteiger partial charge in [-0.1, -0.05) is 6.92 Å². The summed E-state index contributed by atoms with van der Waals surface area (Å²) in [5.41, 5.74) is 0.430. The fourth-order valence-corrected chi connectivity index (χ4v) is 5.37. The van der Waals surface area contributed by atoms with Crippen LogP contribution in [0.2, 0.25) is 0 Å². The molecule has 1 unspecified atom stereocenters. The third-order valence-corrected chi connectivity index (χ3v) is 7.44. The van der Waals surface area contributed by atoms with Gasteiger partial charge >= 0.3 is 0 Å². The maximum Gasteiger partial charge on any atom is 0.273 e. The molecule has 1 saturated carbocycles. The Kier molecular flexibility index (Phi) is 7.07. The monoisotopic (exact) mass is 484 g/mol. The molecular weight excluding hydrogens is 448 g/mol. The summed E-state index contributed by atoms with van der Waals surface area (Å²) in [7, 11) is 3.14. The van der Waals surface area contributed by atoms with Gasteiger partial charge < -0.3 is 29.6 Å². The predicted molar refractivity (Wildman–Crippen MR) is 134 cm³/mol. The number of hydrogen-bond donors (Lipinski definition) is 2. The summed E-state index contributed by atoms with van der Waals surface area (Å²) in [6.07, 6.45) is 4.06. The molecule has 9 nitrogen and oxygen atoms in total. The highest BCUT2D eigenvalue weighted by Crippen LogP contribution is 2.40. The van der Waals surface area contributed by atoms with Crippen molar-refractivity contribution < 1.29 is 23.9 Å². The summed E-state index contributed by atoms with van der Waals surface area (Å²) in [4.78, 5) is 41.4. The zero-order valence-electron chi connectivity index (χ0n) is 21.3. The van der Waals surface area contributed by atoms with E-state index in [9.17, 15) is 14.4 Å². The van der Waals surface area contributed by atoms with Gasteiger partial charge in [-0.3, -0.25) is 14.4 Å². The van der Waals surface area contributed by atoms with Crippen molar-refractivity contribution in [2.45, 2.75) is 64.6 Å². The van der Waals surface area contributed by atoms with Gasteiger partial charge in [-0.25, -0.2) is 0 Å². The van der Waals surface area contributed by atoms with Crippen LogP contribution in [0.15, 0.2) is 18.2 Å². The molecular formula is C26H36N4O5. The Morgan fingerprint density at radius 1 is 1.17 bits per heavy atom. The second kappa shape index (κ2) is 9.89. The Balaban J connectivity index is 1.79. The largest absolute Gasteiger partial charge is 0.497 e. The average Bonchev–Trinajstić information content (AvgIpc) is 3.12. The van der Waals surface area contributed by atoms with Crippen molar-refractivity contribution in [1.82, 2.24) is 14.8 Å². The molecule has 1 aromatic heterocycles. The lowest BCUT2D eigenvalue weighted by Crippen LogP contribution is -2.65. The number of ether oxygens (including phenoxy) is 2. The second-order valence-electron chi connectivity index (χ2n) is 10.0. The Labute approximate surface area is 206 Å². The molecule has 0 radical (unpaired) electrons. The number of nitrogens with zero attached hydrogens (tertiary/aromatic N) is 2. The van der Waals surface area contributed by atoms with E-state index in [1.54, 1.807) is 25.2 Å². The summed E-state index contributed by atoms with van der Waals surface area (Å²) in [6.45, 7) is 6.28. The maximum absolute atomic E-state index is 14.0. The molecule has 1 aliphatic carbocycles. The Bertz CT molecular complexity index is 1130. The topological polar surface area (TPSA) is 102 Å². The summed E-state index contributed by atoms with van der Waals surface area (Å²) < 4.78 is 12.5. The molecule has 0 saturated heterocycles. The van der Waals surface area contributed by atoms with Crippen LogP contribution in [0.4, 0.5) is 5.69 Å². The van der Waals surface area contributed by atoms with Gasteiger partial charge in [0.05, 0.1) is 31.5 Å². The first-order valence-electron chi connectivity index (χ1n) is 12.3. The lowest BCUT2D eigenvalue weighted by atomic mass is 9.86. The molecule has 1 atom stereocenters. The number of aromatic nitrogens is 1. The summed E-state index contributed by atoms with van der Waals surface area (Å²) in [5.74, 6) is 0.525. The van der Waals surface area contributed by atoms with Crippen molar-refractivity contribution in [2.75, 3.05) is 32.7 Å². The van der Waals surface area contributed by atoms with Crippen molar-refractivity contribution in [3.8, 4) is 5.75 Å². The normalized spacial score (nSPS) is 24.3. The lowest BCUT2D eigenvalue weighted by molar-refractivity contribution is -0.134. The summed E-state index contributed by atoms with van der Waals surface area (Å²) in [6, 6.07) is 5.59. The molecule has 2 aliphatic rings. The number of fused-ring (bicyclic) bond motifs is 3. The van der Waals surface area contributed by atoms with Crippen LogP contribution < -0.4 is 15.4 Å². The number of rotatable bonds is 7. The zero-order chi connectivity index (χ0) is 25.3. The molecule has 9 heteroatoms. The van der Waals surface area contributed by atoms with E-state index in [1.165, 1.54) is 6.92 Å². The number of benzene rings is 1. The first-order valence-corrected chi connectivity index (χ1v) is 12.3. The smallest absolute Gasteiger partial charge is 0.273 e. The van der Waals surface area contributed by atoms with Crippen LogP contribution in [0.5, 0.6) is 5.75 Å². The highest BCUT2D eigenvalue weighted by molar-refractivity contribution is 6.14. The quantitative estimate of drug-likeness (QED) is 0.629. The Morgan fingerprint density at radius 3 is 2.51 bits per heavy atom. The van der Waals surface area contributed by atoms with Gasteiger partial charge in [0.2, 0.25) is 11.8 Å². The summed E-state index contributed by atoms with van der Waals surface area (Å²) in [5, 5.41) is 6.78. The van der Waals surface area contributed by atoms with Crippen LogP contribution in [-0.4, -0.2) is 66.1 Å². The second-order valence-corrected chi connectivity index (χ2v) is 10.0. The van der Waals surface area contributed by atoms with Gasteiger partial charge in [-0.05, 0) is 56.7 Å². The predicted octanol–water partition coefficient (Wildman–Crippen LogP) is 3.16. The third-order valence-electron chi connectivity index (χ3n) is 7.44. The molecule has 190 valence electrons. The van der Waals surface area contributed by atoms with E-state index in [1.807, 2.05) is 23.6 Å². The minimum atomic E-state index is -1.12. The van der Waals surface area contributed by atoms with Crippen molar-refractivity contribution in [1.29, 1.82) is 0 Å². The number of nitrogens with one attached hydrogen (secondary N) is 2. The van der Waals surface area contributed by atoms with E-state index >= 15 is 0 Å². The zero-order valence-corrected chi connectivity index (χ0v) is 21.3.